The Kier molecular flexibility index (Phi) is 4.95. The van der Waals surface area contributed by atoms with Gasteiger partial charge in [0, 0.05) is 29.3 Å². The summed E-state index contributed by atoms with van der Waals surface area (Å²) in [4.78, 5) is 24.7. The molecule has 3 aromatic rings. The van der Waals surface area contributed by atoms with Crippen molar-refractivity contribution in [3.05, 3.63) is 89.5 Å². The van der Waals surface area contributed by atoms with E-state index in [0.717, 1.165) is 0 Å². The number of hydrazone groups is 1. The van der Waals surface area contributed by atoms with Crippen LogP contribution < -0.4 is 14.8 Å². The van der Waals surface area contributed by atoms with Crippen LogP contribution in [0.2, 0.25) is 0 Å². The van der Waals surface area contributed by atoms with Crippen LogP contribution in [0.1, 0.15) is 34.6 Å². The Labute approximate surface area is 184 Å². The summed E-state index contributed by atoms with van der Waals surface area (Å²) in [5.41, 5.74) is 2.48. The lowest BCUT2D eigenvalue weighted by molar-refractivity contribution is -0.135. The van der Waals surface area contributed by atoms with Gasteiger partial charge in [0.25, 0.3) is 5.91 Å². The minimum Gasteiger partial charge on any atom is -0.454 e. The molecule has 8 nitrogen and oxygen atoms in total. The van der Waals surface area contributed by atoms with Crippen LogP contribution in [0.3, 0.4) is 0 Å². The number of hydrogen-bond acceptors (Lipinski definition) is 6. The van der Waals surface area contributed by atoms with Gasteiger partial charge in [-0.25, -0.2) is 0 Å². The molecule has 2 heterocycles. The third-order valence-electron chi connectivity index (χ3n) is 5.05. The highest BCUT2D eigenvalue weighted by Gasteiger charge is 2.34. The van der Waals surface area contributed by atoms with E-state index in [2.05, 4.69) is 10.4 Å². The zero-order chi connectivity index (χ0) is 22.1. The molecular weight excluding hydrogens is 410 g/mol. The van der Waals surface area contributed by atoms with Crippen molar-refractivity contribution >= 4 is 23.4 Å². The molecule has 0 aromatic heterocycles. The van der Waals surface area contributed by atoms with E-state index < -0.39 is 6.23 Å². The standard InChI is InChI=1S/C24H19N3O5/c1-15(28)27-24(18-10-11-20-21(13-18)31-14-30-20)32-23(26-27)17-8-5-9-19(12-17)25-22(29)16-6-3-2-4-7-16/h2-13,24H,14H2,1H3,(H,25,29)/t24-/m1/s1. The van der Waals surface area contributed by atoms with Crippen molar-refractivity contribution in [1.82, 2.24) is 5.01 Å². The van der Waals surface area contributed by atoms with Crippen LogP contribution in [0, 0.1) is 0 Å². The molecule has 2 amide bonds. The van der Waals surface area contributed by atoms with E-state index in [1.807, 2.05) is 12.1 Å². The number of amides is 2. The number of benzene rings is 3. The fraction of sp³-hybridized carbons (Fsp3) is 0.125. The van der Waals surface area contributed by atoms with E-state index in [1.165, 1.54) is 11.9 Å². The van der Waals surface area contributed by atoms with Gasteiger partial charge >= 0.3 is 0 Å². The molecule has 32 heavy (non-hydrogen) atoms. The fourth-order valence-electron chi connectivity index (χ4n) is 3.49. The second-order valence-electron chi connectivity index (χ2n) is 7.25. The Hall–Kier alpha value is -4.33. The van der Waals surface area contributed by atoms with E-state index in [0.29, 0.717) is 33.9 Å². The molecule has 0 bridgehead atoms. The Morgan fingerprint density at radius 2 is 1.78 bits per heavy atom. The lowest BCUT2D eigenvalue weighted by Crippen LogP contribution is -2.25. The van der Waals surface area contributed by atoms with Crippen molar-refractivity contribution in [3.8, 4) is 11.5 Å². The van der Waals surface area contributed by atoms with Gasteiger partial charge in [-0.15, -0.1) is 5.10 Å². The number of nitrogens with one attached hydrogen (secondary N) is 1. The van der Waals surface area contributed by atoms with Gasteiger partial charge < -0.3 is 19.5 Å². The monoisotopic (exact) mass is 429 g/mol. The number of anilines is 1. The summed E-state index contributed by atoms with van der Waals surface area (Å²) in [6.07, 6.45) is -0.737. The van der Waals surface area contributed by atoms with E-state index >= 15 is 0 Å². The number of hydrogen-bond donors (Lipinski definition) is 1. The highest BCUT2D eigenvalue weighted by atomic mass is 16.7. The number of rotatable bonds is 4. The molecule has 5 rings (SSSR count). The summed E-state index contributed by atoms with van der Waals surface area (Å²) in [7, 11) is 0. The Morgan fingerprint density at radius 3 is 2.59 bits per heavy atom. The zero-order valence-corrected chi connectivity index (χ0v) is 17.1. The number of ether oxygens (including phenoxy) is 3. The predicted octanol–water partition coefficient (Wildman–Crippen LogP) is 3.91. The van der Waals surface area contributed by atoms with E-state index in [9.17, 15) is 9.59 Å². The van der Waals surface area contributed by atoms with Crippen LogP contribution in [-0.2, 0) is 9.53 Å². The maximum Gasteiger partial charge on any atom is 0.255 e. The van der Waals surface area contributed by atoms with Crippen molar-refractivity contribution in [2.45, 2.75) is 13.2 Å². The lowest BCUT2D eigenvalue weighted by atomic mass is 10.1. The number of carbonyl (C=O) groups is 2. The average Bonchev–Trinajstić information content (AvgIpc) is 3.47. The molecule has 0 unspecified atom stereocenters. The van der Waals surface area contributed by atoms with Crippen molar-refractivity contribution in [1.29, 1.82) is 0 Å². The molecule has 0 saturated carbocycles. The van der Waals surface area contributed by atoms with E-state index in [1.54, 1.807) is 60.7 Å². The summed E-state index contributed by atoms with van der Waals surface area (Å²) in [5, 5.41) is 8.53. The van der Waals surface area contributed by atoms with Gasteiger partial charge in [0.1, 0.15) is 0 Å². The maximum atomic E-state index is 12.5. The first-order chi connectivity index (χ1) is 15.6. The van der Waals surface area contributed by atoms with Crippen LogP contribution in [-0.4, -0.2) is 29.5 Å². The molecule has 0 aliphatic carbocycles. The topological polar surface area (TPSA) is 89.5 Å². The Morgan fingerprint density at radius 1 is 0.969 bits per heavy atom. The number of nitrogens with zero attached hydrogens (tertiary/aromatic N) is 2. The molecule has 1 N–H and O–H groups in total. The molecule has 0 saturated heterocycles. The first-order valence-electron chi connectivity index (χ1n) is 10.00. The van der Waals surface area contributed by atoms with Crippen LogP contribution in [0.15, 0.2) is 77.9 Å². The first kappa shape index (κ1) is 19.6. The third-order valence-corrected chi connectivity index (χ3v) is 5.05. The van der Waals surface area contributed by atoms with Gasteiger partial charge in [0.05, 0.1) is 0 Å². The Bertz CT molecular complexity index is 1230. The van der Waals surface area contributed by atoms with E-state index in [4.69, 9.17) is 14.2 Å². The molecule has 2 aliphatic heterocycles. The molecule has 160 valence electrons. The van der Waals surface area contributed by atoms with Crippen LogP contribution in [0.4, 0.5) is 5.69 Å². The second-order valence-corrected chi connectivity index (χ2v) is 7.25. The largest absolute Gasteiger partial charge is 0.454 e. The summed E-state index contributed by atoms with van der Waals surface area (Å²) in [6, 6.07) is 21.4. The van der Waals surface area contributed by atoms with Crippen molar-refractivity contribution < 1.29 is 23.8 Å². The molecule has 1 atom stereocenters. The van der Waals surface area contributed by atoms with E-state index in [-0.39, 0.29) is 24.5 Å². The molecule has 8 heteroatoms. The van der Waals surface area contributed by atoms with Gasteiger partial charge in [0.2, 0.25) is 24.8 Å². The SMILES string of the molecule is CC(=O)N1N=C(c2cccc(NC(=O)c3ccccc3)c2)O[C@@H]1c1ccc2c(c1)OCO2. The molecular formula is C24H19N3O5. The molecule has 3 aromatic carbocycles. The fourth-order valence-corrected chi connectivity index (χ4v) is 3.49. The molecule has 2 aliphatic rings. The third kappa shape index (κ3) is 3.74. The molecule has 0 fully saturated rings. The van der Waals surface area contributed by atoms with Gasteiger partial charge in [-0.05, 0) is 48.5 Å². The van der Waals surface area contributed by atoms with Crippen LogP contribution >= 0.6 is 0 Å². The van der Waals surface area contributed by atoms with Crippen LogP contribution in [0.5, 0.6) is 11.5 Å². The minimum atomic E-state index is -0.737. The smallest absolute Gasteiger partial charge is 0.255 e. The lowest BCUT2D eigenvalue weighted by Gasteiger charge is -2.19. The van der Waals surface area contributed by atoms with Gasteiger partial charge in [-0.3, -0.25) is 9.59 Å². The van der Waals surface area contributed by atoms with Gasteiger partial charge in [-0.1, -0.05) is 24.3 Å². The zero-order valence-electron chi connectivity index (χ0n) is 17.1. The quantitative estimate of drug-likeness (QED) is 0.679. The Balaban J connectivity index is 1.39. The number of carbonyl (C=O) groups excluding carboxylic acids is 2. The normalized spacial score (nSPS) is 16.3. The highest BCUT2D eigenvalue weighted by molar-refractivity contribution is 6.05. The predicted molar refractivity (Wildman–Crippen MR) is 116 cm³/mol. The summed E-state index contributed by atoms with van der Waals surface area (Å²) in [5.74, 6) is 1.02. The summed E-state index contributed by atoms with van der Waals surface area (Å²) in [6.45, 7) is 1.58. The number of fused-ring (bicyclic) bond motifs is 1. The van der Waals surface area contributed by atoms with Crippen molar-refractivity contribution in [2.75, 3.05) is 12.1 Å². The minimum absolute atomic E-state index is 0.157. The average molecular weight is 429 g/mol. The van der Waals surface area contributed by atoms with Crippen LogP contribution in [0.25, 0.3) is 0 Å². The van der Waals surface area contributed by atoms with Gasteiger partial charge in [0.15, 0.2) is 11.5 Å². The first-order valence-corrected chi connectivity index (χ1v) is 10.00. The second kappa shape index (κ2) is 8.07. The molecule has 0 spiro atoms. The summed E-state index contributed by atoms with van der Waals surface area (Å²) < 4.78 is 16.8. The molecule has 0 radical (unpaired) electrons. The van der Waals surface area contributed by atoms with Gasteiger partial charge in [-0.2, -0.15) is 5.01 Å². The summed E-state index contributed by atoms with van der Waals surface area (Å²) >= 11 is 0. The van der Waals surface area contributed by atoms with Crippen molar-refractivity contribution in [3.63, 3.8) is 0 Å². The maximum absolute atomic E-state index is 12.5. The highest BCUT2D eigenvalue weighted by Crippen LogP contribution is 2.38. The van der Waals surface area contributed by atoms with Crippen molar-refractivity contribution in [2.24, 2.45) is 5.10 Å².